The van der Waals surface area contributed by atoms with E-state index in [0.717, 1.165) is 38.3 Å². The minimum Gasteiger partial charge on any atom is -0.331 e. The second kappa shape index (κ2) is 7.93. The number of hydrogen-bond donors (Lipinski definition) is 0. The highest BCUT2D eigenvalue weighted by atomic mass is 16.2. The lowest BCUT2D eigenvalue weighted by atomic mass is 9.93. The number of carbonyl (C=O) groups excluding carboxylic acids is 1. The molecule has 4 nitrogen and oxygen atoms in total. The predicted molar refractivity (Wildman–Crippen MR) is 109 cm³/mol. The first-order valence-electron chi connectivity index (χ1n) is 9.50. The minimum absolute atomic E-state index is 0.130. The van der Waals surface area contributed by atoms with Gasteiger partial charge in [0.2, 0.25) is 0 Å². The highest BCUT2D eigenvalue weighted by Gasteiger charge is 2.39. The Kier molecular flexibility index (Phi) is 6.30. The van der Waals surface area contributed by atoms with Gasteiger partial charge in [0.15, 0.2) is 0 Å². The molecule has 0 N–H and O–H groups in total. The molecular weight excluding hydrogens is 322 g/mol. The lowest BCUT2D eigenvalue weighted by Gasteiger charge is -2.51. The van der Waals surface area contributed by atoms with Crippen molar-refractivity contribution < 1.29 is 4.79 Å². The van der Waals surface area contributed by atoms with E-state index < -0.39 is 0 Å². The molecule has 1 aliphatic heterocycles. The Hall–Kier alpha value is -1.65. The molecule has 0 saturated carbocycles. The SMILES string of the molecule is C=CCN(C)Cc1ccc(C(=O)N2CCN(C(C)(C)C)CC2(C)C)cc1. The molecule has 0 spiro atoms. The lowest BCUT2D eigenvalue weighted by molar-refractivity contribution is -0.0110. The number of benzene rings is 1. The molecule has 1 fully saturated rings. The second-order valence-electron chi connectivity index (χ2n) is 9.04. The van der Waals surface area contributed by atoms with Crippen LogP contribution in [0.25, 0.3) is 0 Å². The third-order valence-electron chi connectivity index (χ3n) is 5.19. The Morgan fingerprint density at radius 2 is 1.85 bits per heavy atom. The molecule has 0 radical (unpaired) electrons. The van der Waals surface area contributed by atoms with Crippen LogP contribution in [0.5, 0.6) is 0 Å². The largest absolute Gasteiger partial charge is 0.331 e. The van der Waals surface area contributed by atoms with Crippen LogP contribution < -0.4 is 0 Å². The first-order chi connectivity index (χ1) is 12.0. The Bertz CT molecular complexity index is 628. The average molecular weight is 358 g/mol. The summed E-state index contributed by atoms with van der Waals surface area (Å²) in [6.45, 7) is 19.1. The number of hydrogen-bond acceptors (Lipinski definition) is 3. The monoisotopic (exact) mass is 357 g/mol. The van der Waals surface area contributed by atoms with Gasteiger partial charge in [-0.3, -0.25) is 14.6 Å². The number of carbonyl (C=O) groups is 1. The minimum atomic E-state index is -0.175. The maximum absolute atomic E-state index is 13.1. The number of piperazine rings is 1. The van der Waals surface area contributed by atoms with E-state index in [1.807, 2.05) is 23.1 Å². The van der Waals surface area contributed by atoms with Gasteiger partial charge < -0.3 is 4.90 Å². The predicted octanol–water partition coefficient (Wildman–Crippen LogP) is 3.64. The van der Waals surface area contributed by atoms with Crippen molar-refractivity contribution in [2.45, 2.75) is 52.2 Å². The molecule has 1 saturated heterocycles. The molecule has 0 atom stereocenters. The molecule has 0 unspecified atom stereocenters. The van der Waals surface area contributed by atoms with Crippen LogP contribution in [0, 0.1) is 0 Å². The number of likely N-dealkylation sites (N-methyl/N-ethyl adjacent to an activating group) is 1. The van der Waals surface area contributed by atoms with Gasteiger partial charge in [-0.2, -0.15) is 0 Å². The Morgan fingerprint density at radius 3 is 2.35 bits per heavy atom. The van der Waals surface area contributed by atoms with E-state index in [1.165, 1.54) is 5.56 Å². The smallest absolute Gasteiger partial charge is 0.254 e. The molecule has 26 heavy (non-hydrogen) atoms. The summed E-state index contributed by atoms with van der Waals surface area (Å²) < 4.78 is 0. The summed E-state index contributed by atoms with van der Waals surface area (Å²) in [5.41, 5.74) is 1.94. The zero-order valence-corrected chi connectivity index (χ0v) is 17.4. The van der Waals surface area contributed by atoms with E-state index in [1.54, 1.807) is 0 Å². The highest BCUT2D eigenvalue weighted by molar-refractivity contribution is 5.94. The summed E-state index contributed by atoms with van der Waals surface area (Å²) in [5, 5.41) is 0. The lowest BCUT2D eigenvalue weighted by Crippen LogP contribution is -2.64. The van der Waals surface area contributed by atoms with E-state index in [-0.39, 0.29) is 17.0 Å². The fourth-order valence-corrected chi connectivity index (χ4v) is 3.61. The van der Waals surface area contributed by atoms with Crippen molar-refractivity contribution >= 4 is 5.91 Å². The van der Waals surface area contributed by atoms with E-state index >= 15 is 0 Å². The Balaban J connectivity index is 2.08. The van der Waals surface area contributed by atoms with Crippen LogP contribution in [-0.4, -0.2) is 64.9 Å². The fraction of sp³-hybridized carbons (Fsp3) is 0.591. The van der Waals surface area contributed by atoms with Crippen LogP contribution in [0.15, 0.2) is 36.9 Å². The van der Waals surface area contributed by atoms with Gasteiger partial charge in [-0.1, -0.05) is 18.2 Å². The zero-order valence-electron chi connectivity index (χ0n) is 17.4. The van der Waals surface area contributed by atoms with Crippen LogP contribution in [0.1, 0.15) is 50.5 Å². The summed E-state index contributed by atoms with van der Waals surface area (Å²) in [6.07, 6.45) is 1.90. The van der Waals surface area contributed by atoms with Crippen molar-refractivity contribution in [3.05, 3.63) is 48.0 Å². The van der Waals surface area contributed by atoms with Crippen molar-refractivity contribution in [2.75, 3.05) is 33.2 Å². The molecule has 0 aromatic heterocycles. The molecule has 1 aromatic carbocycles. The summed E-state index contributed by atoms with van der Waals surface area (Å²) in [5.74, 6) is 0.134. The maximum Gasteiger partial charge on any atom is 0.254 e. The van der Waals surface area contributed by atoms with E-state index in [9.17, 15) is 4.79 Å². The molecule has 1 aliphatic rings. The summed E-state index contributed by atoms with van der Waals surface area (Å²) in [6, 6.07) is 8.05. The number of amides is 1. The summed E-state index contributed by atoms with van der Waals surface area (Å²) >= 11 is 0. The molecule has 144 valence electrons. The molecule has 1 heterocycles. The number of nitrogens with zero attached hydrogens (tertiary/aromatic N) is 3. The van der Waals surface area contributed by atoms with Crippen molar-refractivity contribution in [1.29, 1.82) is 0 Å². The first-order valence-corrected chi connectivity index (χ1v) is 9.50. The first kappa shape index (κ1) is 20.7. The van der Waals surface area contributed by atoms with Gasteiger partial charge in [0.1, 0.15) is 0 Å². The topological polar surface area (TPSA) is 26.8 Å². The standard InChI is InChI=1S/C22H35N3O/c1-8-13-23(7)16-18-9-11-19(12-10-18)20(26)25-15-14-24(21(2,3)4)17-22(25,5)6/h8-12H,1,13-17H2,2-7H3. The van der Waals surface area contributed by atoms with Crippen molar-refractivity contribution in [2.24, 2.45) is 0 Å². The molecule has 4 heteroatoms. The molecule has 1 amide bonds. The molecule has 1 aromatic rings. The van der Waals surface area contributed by atoms with Gasteiger partial charge in [0, 0.05) is 43.8 Å². The van der Waals surface area contributed by atoms with Gasteiger partial charge in [-0.15, -0.1) is 6.58 Å². The van der Waals surface area contributed by atoms with Crippen LogP contribution in [-0.2, 0) is 6.54 Å². The molecular formula is C22H35N3O. The van der Waals surface area contributed by atoms with E-state index in [0.29, 0.717) is 0 Å². The quantitative estimate of drug-likeness (QED) is 0.753. The van der Waals surface area contributed by atoms with Crippen molar-refractivity contribution in [3.8, 4) is 0 Å². The van der Waals surface area contributed by atoms with E-state index in [2.05, 4.69) is 70.2 Å². The zero-order chi connectivity index (χ0) is 19.5. The third-order valence-corrected chi connectivity index (χ3v) is 5.19. The van der Waals surface area contributed by atoms with Crippen molar-refractivity contribution in [1.82, 2.24) is 14.7 Å². The second-order valence-corrected chi connectivity index (χ2v) is 9.04. The maximum atomic E-state index is 13.1. The summed E-state index contributed by atoms with van der Waals surface area (Å²) in [7, 11) is 2.07. The highest BCUT2D eigenvalue weighted by Crippen LogP contribution is 2.27. The molecule has 2 rings (SSSR count). The van der Waals surface area contributed by atoms with Gasteiger partial charge in [-0.05, 0) is 59.4 Å². The molecule has 0 aliphatic carbocycles. The Morgan fingerprint density at radius 1 is 1.23 bits per heavy atom. The van der Waals surface area contributed by atoms with Crippen LogP contribution in [0.2, 0.25) is 0 Å². The van der Waals surface area contributed by atoms with E-state index in [4.69, 9.17) is 0 Å². The Labute approximate surface area is 159 Å². The van der Waals surface area contributed by atoms with Gasteiger partial charge in [0.25, 0.3) is 5.91 Å². The van der Waals surface area contributed by atoms with Crippen LogP contribution >= 0.6 is 0 Å². The van der Waals surface area contributed by atoms with Crippen LogP contribution in [0.4, 0.5) is 0 Å². The van der Waals surface area contributed by atoms with Crippen LogP contribution in [0.3, 0.4) is 0 Å². The van der Waals surface area contributed by atoms with Crippen molar-refractivity contribution in [3.63, 3.8) is 0 Å². The average Bonchev–Trinajstić information content (AvgIpc) is 2.53. The van der Waals surface area contributed by atoms with Gasteiger partial charge >= 0.3 is 0 Å². The molecule has 0 bridgehead atoms. The normalized spacial score (nSPS) is 18.2. The fourth-order valence-electron chi connectivity index (χ4n) is 3.61. The summed E-state index contributed by atoms with van der Waals surface area (Å²) in [4.78, 5) is 19.8. The number of rotatable bonds is 5. The van der Waals surface area contributed by atoms with Gasteiger partial charge in [0.05, 0.1) is 5.54 Å². The van der Waals surface area contributed by atoms with Gasteiger partial charge in [-0.25, -0.2) is 0 Å². The third kappa shape index (κ3) is 4.95.